The third-order valence-electron chi connectivity index (χ3n) is 5.50. The highest BCUT2D eigenvalue weighted by atomic mass is 32.2. The number of hydrogen-bond donors (Lipinski definition) is 2. The molecule has 4 rings (SSSR count). The lowest BCUT2D eigenvalue weighted by molar-refractivity contribution is 0.340. The van der Waals surface area contributed by atoms with Crippen LogP contribution >= 0.6 is 0 Å². The van der Waals surface area contributed by atoms with E-state index in [1.807, 2.05) is 13.8 Å². The Morgan fingerprint density at radius 1 is 0.500 bits per heavy atom. The quantitative estimate of drug-likeness (QED) is 0.245. The molecular formula is C28H28N2O6S2. The van der Waals surface area contributed by atoms with E-state index in [1.54, 1.807) is 72.8 Å². The summed E-state index contributed by atoms with van der Waals surface area (Å²) in [6.45, 7) is 4.71. The van der Waals surface area contributed by atoms with Crippen LogP contribution in [0.5, 0.6) is 11.5 Å². The number of anilines is 2. The van der Waals surface area contributed by atoms with Gasteiger partial charge in [0.05, 0.1) is 23.0 Å². The van der Waals surface area contributed by atoms with Gasteiger partial charge in [0, 0.05) is 11.4 Å². The summed E-state index contributed by atoms with van der Waals surface area (Å²) < 4.78 is 66.7. The molecule has 0 fully saturated rings. The van der Waals surface area contributed by atoms with Crippen molar-refractivity contribution in [2.75, 3.05) is 22.7 Å². The number of benzene rings is 4. The van der Waals surface area contributed by atoms with E-state index in [0.717, 1.165) is 11.1 Å². The number of nitrogens with one attached hydrogen (secondary N) is 2. The molecule has 0 aliphatic heterocycles. The smallest absolute Gasteiger partial charge is 0.261 e. The molecule has 0 saturated carbocycles. The Labute approximate surface area is 223 Å². The molecule has 10 heteroatoms. The van der Waals surface area contributed by atoms with Crippen LogP contribution in [0.1, 0.15) is 13.8 Å². The maximum Gasteiger partial charge on any atom is 0.261 e. The van der Waals surface area contributed by atoms with Gasteiger partial charge in [-0.1, -0.05) is 24.3 Å². The third-order valence-corrected chi connectivity index (χ3v) is 8.29. The monoisotopic (exact) mass is 552 g/mol. The van der Waals surface area contributed by atoms with Gasteiger partial charge in [-0.2, -0.15) is 0 Å². The Kier molecular flexibility index (Phi) is 8.23. The summed E-state index contributed by atoms with van der Waals surface area (Å²) in [4.78, 5) is 0.265. The molecule has 198 valence electrons. The summed E-state index contributed by atoms with van der Waals surface area (Å²) >= 11 is 0. The van der Waals surface area contributed by atoms with Gasteiger partial charge in [0.1, 0.15) is 11.5 Å². The zero-order valence-corrected chi connectivity index (χ0v) is 22.6. The number of ether oxygens (including phenoxy) is 2. The van der Waals surface area contributed by atoms with Gasteiger partial charge in [-0.05, 0) is 97.8 Å². The first-order valence-electron chi connectivity index (χ1n) is 11.9. The van der Waals surface area contributed by atoms with Gasteiger partial charge in [-0.3, -0.25) is 9.44 Å². The predicted molar refractivity (Wildman–Crippen MR) is 149 cm³/mol. The van der Waals surface area contributed by atoms with Crippen molar-refractivity contribution in [2.45, 2.75) is 23.6 Å². The summed E-state index contributed by atoms with van der Waals surface area (Å²) in [5.74, 6) is 1.21. The van der Waals surface area contributed by atoms with E-state index in [9.17, 15) is 16.8 Å². The second kappa shape index (κ2) is 11.6. The first-order valence-corrected chi connectivity index (χ1v) is 14.9. The van der Waals surface area contributed by atoms with E-state index in [0.29, 0.717) is 36.1 Å². The number of hydrogen-bond acceptors (Lipinski definition) is 6. The van der Waals surface area contributed by atoms with Gasteiger partial charge < -0.3 is 9.47 Å². The fourth-order valence-corrected chi connectivity index (χ4v) is 5.77. The van der Waals surface area contributed by atoms with E-state index in [2.05, 4.69) is 9.44 Å². The minimum atomic E-state index is -3.75. The van der Waals surface area contributed by atoms with E-state index in [-0.39, 0.29) is 9.79 Å². The van der Waals surface area contributed by atoms with Crippen LogP contribution in [0, 0.1) is 0 Å². The zero-order valence-electron chi connectivity index (χ0n) is 20.9. The average Bonchev–Trinajstić information content (AvgIpc) is 2.90. The average molecular weight is 553 g/mol. The molecule has 38 heavy (non-hydrogen) atoms. The molecule has 0 unspecified atom stereocenters. The molecule has 4 aromatic carbocycles. The Morgan fingerprint density at radius 2 is 0.816 bits per heavy atom. The van der Waals surface area contributed by atoms with Gasteiger partial charge in [-0.25, -0.2) is 16.8 Å². The lowest BCUT2D eigenvalue weighted by Gasteiger charge is -2.11. The molecule has 0 spiro atoms. The molecule has 0 bridgehead atoms. The van der Waals surface area contributed by atoms with E-state index in [4.69, 9.17) is 9.47 Å². The Hall–Kier alpha value is -4.02. The van der Waals surface area contributed by atoms with Crippen LogP contribution < -0.4 is 18.9 Å². The van der Waals surface area contributed by atoms with Crippen LogP contribution in [-0.4, -0.2) is 30.0 Å². The fraction of sp³-hybridized carbons (Fsp3) is 0.143. The molecule has 8 nitrogen and oxygen atoms in total. The van der Waals surface area contributed by atoms with E-state index >= 15 is 0 Å². The minimum Gasteiger partial charge on any atom is -0.494 e. The number of sulfonamides is 2. The Bertz CT molecular complexity index is 1440. The van der Waals surface area contributed by atoms with Crippen LogP contribution in [0.15, 0.2) is 107 Å². The van der Waals surface area contributed by atoms with Gasteiger partial charge in [0.15, 0.2) is 0 Å². The van der Waals surface area contributed by atoms with Gasteiger partial charge >= 0.3 is 0 Å². The first-order chi connectivity index (χ1) is 18.2. The van der Waals surface area contributed by atoms with Crippen molar-refractivity contribution in [3.8, 4) is 22.6 Å². The molecule has 0 radical (unpaired) electrons. The molecule has 0 aromatic heterocycles. The highest BCUT2D eigenvalue weighted by molar-refractivity contribution is 7.93. The largest absolute Gasteiger partial charge is 0.494 e. The van der Waals surface area contributed by atoms with E-state index < -0.39 is 20.0 Å². The molecule has 0 amide bonds. The Balaban J connectivity index is 1.41. The molecule has 0 aliphatic rings. The molecule has 0 aliphatic carbocycles. The lowest BCUT2D eigenvalue weighted by atomic mass is 10.1. The predicted octanol–water partition coefficient (Wildman–Crippen LogP) is 5.75. The van der Waals surface area contributed by atoms with Gasteiger partial charge in [0.25, 0.3) is 20.0 Å². The topological polar surface area (TPSA) is 111 Å². The second-order valence-electron chi connectivity index (χ2n) is 8.17. The van der Waals surface area contributed by atoms with Crippen LogP contribution in [0.2, 0.25) is 0 Å². The van der Waals surface area contributed by atoms with Crippen LogP contribution in [0.4, 0.5) is 11.4 Å². The van der Waals surface area contributed by atoms with Gasteiger partial charge in [-0.15, -0.1) is 0 Å². The Morgan fingerprint density at radius 3 is 1.11 bits per heavy atom. The standard InChI is InChI=1S/C28H28N2O6S2/c1-3-35-25-13-17-27(18-14-25)37(31,32)29-23-9-5-21(6-10-23)22-7-11-24(12-8-22)30-38(33,34)28-19-15-26(16-20-28)36-4-2/h5-20,29-30H,3-4H2,1-2H3. The SMILES string of the molecule is CCOc1ccc(S(=O)(=O)Nc2ccc(-c3ccc(NS(=O)(=O)c4ccc(OCC)cc4)cc3)cc2)cc1. The van der Waals surface area contributed by atoms with Crippen LogP contribution in [0.3, 0.4) is 0 Å². The highest BCUT2D eigenvalue weighted by Crippen LogP contribution is 2.26. The maximum atomic E-state index is 12.7. The molecule has 0 saturated heterocycles. The van der Waals surface area contributed by atoms with Crippen molar-refractivity contribution in [3.63, 3.8) is 0 Å². The van der Waals surface area contributed by atoms with Crippen molar-refractivity contribution in [1.82, 2.24) is 0 Å². The summed E-state index contributed by atoms with van der Waals surface area (Å²) in [6, 6.07) is 26.3. The molecule has 0 atom stereocenters. The summed E-state index contributed by atoms with van der Waals surface area (Å²) in [6.07, 6.45) is 0. The minimum absolute atomic E-state index is 0.133. The maximum absolute atomic E-state index is 12.7. The lowest BCUT2D eigenvalue weighted by Crippen LogP contribution is -2.13. The fourth-order valence-electron chi connectivity index (χ4n) is 3.65. The molecule has 4 aromatic rings. The second-order valence-corrected chi connectivity index (χ2v) is 11.5. The third kappa shape index (κ3) is 6.64. The van der Waals surface area contributed by atoms with Gasteiger partial charge in [0.2, 0.25) is 0 Å². The highest BCUT2D eigenvalue weighted by Gasteiger charge is 2.16. The summed E-state index contributed by atoms with van der Waals surface area (Å²) in [7, 11) is -7.50. The molecular weight excluding hydrogens is 524 g/mol. The summed E-state index contributed by atoms with van der Waals surface area (Å²) in [5, 5.41) is 0. The van der Waals surface area contributed by atoms with E-state index in [1.165, 1.54) is 24.3 Å². The zero-order chi connectivity index (χ0) is 27.2. The van der Waals surface area contributed by atoms with Crippen molar-refractivity contribution in [2.24, 2.45) is 0 Å². The summed E-state index contributed by atoms with van der Waals surface area (Å²) in [5.41, 5.74) is 2.52. The first kappa shape index (κ1) is 27.0. The van der Waals surface area contributed by atoms with Crippen molar-refractivity contribution < 1.29 is 26.3 Å². The molecule has 0 heterocycles. The van der Waals surface area contributed by atoms with Crippen molar-refractivity contribution in [3.05, 3.63) is 97.1 Å². The van der Waals surface area contributed by atoms with Crippen molar-refractivity contribution in [1.29, 1.82) is 0 Å². The normalized spacial score (nSPS) is 11.5. The number of rotatable bonds is 11. The molecule has 2 N–H and O–H groups in total. The van der Waals surface area contributed by atoms with Crippen LogP contribution in [0.25, 0.3) is 11.1 Å². The van der Waals surface area contributed by atoms with Crippen molar-refractivity contribution >= 4 is 31.4 Å². The van der Waals surface area contributed by atoms with Crippen LogP contribution in [-0.2, 0) is 20.0 Å².